The zero-order valence-electron chi connectivity index (χ0n) is 12.1. The van der Waals surface area contributed by atoms with E-state index in [-0.39, 0.29) is 4.90 Å². The summed E-state index contributed by atoms with van der Waals surface area (Å²) in [5.74, 6) is 1.38. The summed E-state index contributed by atoms with van der Waals surface area (Å²) in [6.07, 6.45) is 3.20. The average Bonchev–Trinajstić information content (AvgIpc) is 2.45. The van der Waals surface area contributed by atoms with Gasteiger partial charge in [-0.25, -0.2) is 8.42 Å². The predicted molar refractivity (Wildman–Crippen MR) is 77.5 cm³/mol. The van der Waals surface area contributed by atoms with Gasteiger partial charge in [-0.1, -0.05) is 0 Å². The Hall–Kier alpha value is -1.27. The molecule has 1 aromatic carbocycles. The molecule has 6 heteroatoms. The molecule has 1 saturated heterocycles. The van der Waals surface area contributed by atoms with Gasteiger partial charge < -0.3 is 14.8 Å². The van der Waals surface area contributed by atoms with Gasteiger partial charge in [-0.15, -0.1) is 0 Å². The molecule has 20 heavy (non-hydrogen) atoms. The van der Waals surface area contributed by atoms with Crippen LogP contribution < -0.4 is 14.8 Å². The molecule has 1 aromatic rings. The van der Waals surface area contributed by atoms with Crippen molar-refractivity contribution in [1.82, 2.24) is 5.32 Å². The van der Waals surface area contributed by atoms with Crippen LogP contribution in [0, 0.1) is 0 Å². The summed E-state index contributed by atoms with van der Waals surface area (Å²) in [6.45, 7) is 1.92. The van der Waals surface area contributed by atoms with Crippen molar-refractivity contribution in [3.63, 3.8) is 0 Å². The number of sulfone groups is 1. The Morgan fingerprint density at radius 1 is 1.10 bits per heavy atom. The first-order valence-electron chi connectivity index (χ1n) is 6.64. The van der Waals surface area contributed by atoms with E-state index in [1.165, 1.54) is 13.4 Å². The van der Waals surface area contributed by atoms with Gasteiger partial charge in [-0.3, -0.25) is 0 Å². The van der Waals surface area contributed by atoms with Crippen LogP contribution in [0.15, 0.2) is 17.0 Å². The number of hydrogen-bond acceptors (Lipinski definition) is 5. The van der Waals surface area contributed by atoms with E-state index in [0.29, 0.717) is 17.4 Å². The maximum Gasteiger partial charge on any atom is 0.179 e. The molecule has 1 fully saturated rings. The minimum atomic E-state index is -3.34. The van der Waals surface area contributed by atoms with E-state index in [1.807, 2.05) is 6.07 Å². The number of nitrogens with one attached hydrogen (secondary N) is 1. The van der Waals surface area contributed by atoms with Crippen molar-refractivity contribution >= 4 is 9.84 Å². The van der Waals surface area contributed by atoms with Crippen molar-refractivity contribution in [1.29, 1.82) is 0 Å². The molecular weight excluding hydrogens is 278 g/mol. The lowest BCUT2D eigenvalue weighted by molar-refractivity contribution is 0.376. The van der Waals surface area contributed by atoms with Crippen molar-refractivity contribution in [3.05, 3.63) is 17.7 Å². The average molecular weight is 299 g/mol. The van der Waals surface area contributed by atoms with Crippen LogP contribution in [0.2, 0.25) is 0 Å². The maximum absolute atomic E-state index is 11.8. The second-order valence-electron chi connectivity index (χ2n) is 5.04. The Bertz CT molecular complexity index is 577. The molecule has 1 heterocycles. The van der Waals surface area contributed by atoms with Crippen molar-refractivity contribution < 1.29 is 17.9 Å². The molecule has 0 aliphatic carbocycles. The van der Waals surface area contributed by atoms with Gasteiger partial charge in [0, 0.05) is 17.9 Å². The van der Waals surface area contributed by atoms with Crippen LogP contribution in [0.3, 0.4) is 0 Å². The molecule has 0 atom stereocenters. The van der Waals surface area contributed by atoms with Gasteiger partial charge in [0.25, 0.3) is 0 Å². The van der Waals surface area contributed by atoms with E-state index in [4.69, 9.17) is 9.47 Å². The number of benzene rings is 1. The van der Waals surface area contributed by atoms with Crippen molar-refractivity contribution in [3.8, 4) is 11.5 Å². The SMILES string of the molecule is COc1cc(S(C)(=O)=O)c(OC)cc1C1CCNCC1. The number of piperidine rings is 1. The third-order valence-corrected chi connectivity index (χ3v) is 4.81. The minimum absolute atomic E-state index is 0.175. The summed E-state index contributed by atoms with van der Waals surface area (Å²) in [7, 11) is -0.286. The van der Waals surface area contributed by atoms with Gasteiger partial charge in [-0.05, 0) is 37.9 Å². The molecule has 1 N–H and O–H groups in total. The summed E-state index contributed by atoms with van der Waals surface area (Å²) in [4.78, 5) is 0.175. The highest BCUT2D eigenvalue weighted by molar-refractivity contribution is 7.90. The lowest BCUT2D eigenvalue weighted by atomic mass is 9.89. The normalized spacial score (nSPS) is 16.9. The van der Waals surface area contributed by atoms with E-state index < -0.39 is 9.84 Å². The monoisotopic (exact) mass is 299 g/mol. The fourth-order valence-electron chi connectivity index (χ4n) is 2.64. The van der Waals surface area contributed by atoms with Crippen molar-refractivity contribution in [2.45, 2.75) is 23.7 Å². The van der Waals surface area contributed by atoms with Gasteiger partial charge in [0.15, 0.2) is 9.84 Å². The fourth-order valence-corrected chi connectivity index (χ4v) is 3.46. The second kappa shape index (κ2) is 6.01. The van der Waals surface area contributed by atoms with Crippen LogP contribution in [-0.4, -0.2) is 42.0 Å². The first-order chi connectivity index (χ1) is 9.47. The smallest absolute Gasteiger partial charge is 0.179 e. The molecule has 1 aliphatic heterocycles. The number of ether oxygens (including phenoxy) is 2. The quantitative estimate of drug-likeness (QED) is 0.914. The van der Waals surface area contributed by atoms with E-state index in [2.05, 4.69) is 5.32 Å². The summed E-state index contributed by atoms with van der Waals surface area (Å²) < 4.78 is 34.3. The Balaban J connectivity index is 2.52. The minimum Gasteiger partial charge on any atom is -0.496 e. The van der Waals surface area contributed by atoms with Gasteiger partial charge in [0.2, 0.25) is 0 Å². The summed E-state index contributed by atoms with van der Waals surface area (Å²) in [5, 5.41) is 3.32. The molecule has 1 aliphatic rings. The molecule has 0 unspecified atom stereocenters. The zero-order chi connectivity index (χ0) is 14.8. The standard InChI is InChI=1S/C14H21NO4S/c1-18-12-9-14(20(3,16)17)13(19-2)8-11(12)10-4-6-15-7-5-10/h8-10,15H,4-7H2,1-3H3. The molecule has 0 aromatic heterocycles. The highest BCUT2D eigenvalue weighted by Gasteiger charge is 2.24. The molecule has 2 rings (SSSR count). The van der Waals surface area contributed by atoms with Crippen LogP contribution in [0.5, 0.6) is 11.5 Å². The summed E-state index contributed by atoms with van der Waals surface area (Å²) >= 11 is 0. The third kappa shape index (κ3) is 3.07. The maximum atomic E-state index is 11.8. The molecule has 0 radical (unpaired) electrons. The topological polar surface area (TPSA) is 64.6 Å². The van der Waals surface area contributed by atoms with Crippen LogP contribution in [0.4, 0.5) is 0 Å². The molecule has 0 spiro atoms. The third-order valence-electron chi connectivity index (χ3n) is 3.69. The molecule has 0 saturated carbocycles. The van der Waals surface area contributed by atoms with E-state index in [0.717, 1.165) is 31.5 Å². The van der Waals surface area contributed by atoms with Gasteiger partial charge in [0.05, 0.1) is 14.2 Å². The first-order valence-corrected chi connectivity index (χ1v) is 8.53. The largest absolute Gasteiger partial charge is 0.496 e. The number of hydrogen-bond donors (Lipinski definition) is 1. The van der Waals surface area contributed by atoms with Crippen LogP contribution in [-0.2, 0) is 9.84 Å². The first kappa shape index (κ1) is 15.1. The van der Waals surface area contributed by atoms with E-state index in [1.54, 1.807) is 13.2 Å². The van der Waals surface area contributed by atoms with Gasteiger partial charge in [-0.2, -0.15) is 0 Å². The Kier molecular flexibility index (Phi) is 4.55. The Morgan fingerprint density at radius 3 is 2.20 bits per heavy atom. The highest BCUT2D eigenvalue weighted by atomic mass is 32.2. The predicted octanol–water partition coefficient (Wildman–Crippen LogP) is 1.57. The Labute approximate surface area is 120 Å². The number of methoxy groups -OCH3 is 2. The van der Waals surface area contributed by atoms with Gasteiger partial charge in [0.1, 0.15) is 16.4 Å². The van der Waals surface area contributed by atoms with Crippen LogP contribution in [0.1, 0.15) is 24.3 Å². The zero-order valence-corrected chi connectivity index (χ0v) is 12.9. The molecule has 5 nitrogen and oxygen atoms in total. The summed E-state index contributed by atoms with van der Waals surface area (Å²) in [6, 6.07) is 3.39. The summed E-state index contributed by atoms with van der Waals surface area (Å²) in [5.41, 5.74) is 1.03. The lowest BCUT2D eigenvalue weighted by Gasteiger charge is -2.25. The van der Waals surface area contributed by atoms with E-state index in [9.17, 15) is 8.42 Å². The van der Waals surface area contributed by atoms with Crippen LogP contribution in [0.25, 0.3) is 0 Å². The highest BCUT2D eigenvalue weighted by Crippen LogP contribution is 2.38. The van der Waals surface area contributed by atoms with Crippen molar-refractivity contribution in [2.24, 2.45) is 0 Å². The molecule has 0 amide bonds. The fraction of sp³-hybridized carbons (Fsp3) is 0.571. The molecule has 0 bridgehead atoms. The van der Waals surface area contributed by atoms with E-state index >= 15 is 0 Å². The Morgan fingerprint density at radius 2 is 1.70 bits per heavy atom. The molecule has 112 valence electrons. The second-order valence-corrected chi connectivity index (χ2v) is 7.03. The van der Waals surface area contributed by atoms with Crippen LogP contribution >= 0.6 is 0 Å². The number of rotatable bonds is 4. The van der Waals surface area contributed by atoms with Crippen molar-refractivity contribution in [2.75, 3.05) is 33.6 Å². The van der Waals surface area contributed by atoms with Gasteiger partial charge >= 0.3 is 0 Å². The lowest BCUT2D eigenvalue weighted by Crippen LogP contribution is -2.26. The molecular formula is C14H21NO4S.